The summed E-state index contributed by atoms with van der Waals surface area (Å²) >= 11 is 0. The molecule has 8 heteroatoms. The highest BCUT2D eigenvalue weighted by atomic mass is 16.5. The second-order valence-electron chi connectivity index (χ2n) is 4.49. The van der Waals surface area contributed by atoms with Crippen LogP contribution in [0.1, 0.15) is 32.0 Å². The highest BCUT2D eigenvalue weighted by Gasteiger charge is 2.31. The first-order chi connectivity index (χ1) is 8.87. The Hall–Kier alpha value is -2.12. The van der Waals surface area contributed by atoms with E-state index in [4.69, 9.17) is 9.63 Å². The van der Waals surface area contributed by atoms with Gasteiger partial charge in [-0.25, -0.2) is 4.79 Å². The molecule has 0 aromatic carbocycles. The standard InChI is InChI=1S/C11H18N4O4/c1-4-11(3,9(16)17)6-13-10(18)12-5-8-14-7(2)15-19-8/h4-6H2,1-3H3,(H,16,17)(H2,12,13,18). The van der Waals surface area contributed by atoms with Gasteiger partial charge in [-0.2, -0.15) is 4.98 Å². The molecule has 19 heavy (non-hydrogen) atoms. The fourth-order valence-electron chi connectivity index (χ4n) is 1.26. The van der Waals surface area contributed by atoms with Crippen LogP contribution in [0.25, 0.3) is 0 Å². The number of aryl methyl sites for hydroxylation is 1. The number of carbonyl (C=O) groups is 2. The molecule has 1 aromatic rings. The lowest BCUT2D eigenvalue weighted by Crippen LogP contribution is -2.44. The maximum absolute atomic E-state index is 11.5. The summed E-state index contributed by atoms with van der Waals surface area (Å²) in [5.74, 6) is -0.159. The molecular weight excluding hydrogens is 252 g/mol. The van der Waals surface area contributed by atoms with Crippen molar-refractivity contribution in [1.29, 1.82) is 0 Å². The van der Waals surface area contributed by atoms with Crippen molar-refractivity contribution < 1.29 is 19.2 Å². The smallest absolute Gasteiger partial charge is 0.315 e. The lowest BCUT2D eigenvalue weighted by Gasteiger charge is -2.23. The van der Waals surface area contributed by atoms with Gasteiger partial charge in [-0.05, 0) is 20.3 Å². The van der Waals surface area contributed by atoms with E-state index in [0.717, 1.165) is 0 Å². The van der Waals surface area contributed by atoms with Crippen LogP contribution in [0.5, 0.6) is 0 Å². The molecule has 0 aliphatic carbocycles. The zero-order valence-corrected chi connectivity index (χ0v) is 11.2. The van der Waals surface area contributed by atoms with Gasteiger partial charge in [-0.1, -0.05) is 12.1 Å². The molecule has 0 bridgehead atoms. The van der Waals surface area contributed by atoms with Gasteiger partial charge in [0.25, 0.3) is 0 Å². The van der Waals surface area contributed by atoms with E-state index in [-0.39, 0.29) is 13.1 Å². The number of urea groups is 1. The summed E-state index contributed by atoms with van der Waals surface area (Å²) in [6.45, 7) is 5.16. The Balaban J connectivity index is 2.37. The number of nitrogens with one attached hydrogen (secondary N) is 2. The fourth-order valence-corrected chi connectivity index (χ4v) is 1.26. The third-order valence-corrected chi connectivity index (χ3v) is 2.91. The zero-order chi connectivity index (χ0) is 14.5. The van der Waals surface area contributed by atoms with Crippen molar-refractivity contribution in [3.63, 3.8) is 0 Å². The average molecular weight is 270 g/mol. The van der Waals surface area contributed by atoms with Crippen molar-refractivity contribution in [1.82, 2.24) is 20.8 Å². The summed E-state index contributed by atoms with van der Waals surface area (Å²) in [7, 11) is 0. The summed E-state index contributed by atoms with van der Waals surface area (Å²) in [5.41, 5.74) is -0.974. The highest BCUT2D eigenvalue weighted by Crippen LogP contribution is 2.19. The minimum absolute atomic E-state index is 0.0491. The van der Waals surface area contributed by atoms with Crippen molar-refractivity contribution in [3.8, 4) is 0 Å². The van der Waals surface area contributed by atoms with Gasteiger partial charge in [0.15, 0.2) is 5.82 Å². The lowest BCUT2D eigenvalue weighted by atomic mass is 9.88. The first-order valence-corrected chi connectivity index (χ1v) is 5.91. The van der Waals surface area contributed by atoms with E-state index in [0.29, 0.717) is 18.1 Å². The maximum atomic E-state index is 11.5. The molecule has 0 aliphatic rings. The van der Waals surface area contributed by atoms with Gasteiger partial charge in [0.2, 0.25) is 5.89 Å². The molecule has 106 valence electrons. The van der Waals surface area contributed by atoms with E-state index >= 15 is 0 Å². The van der Waals surface area contributed by atoms with Crippen molar-refractivity contribution in [3.05, 3.63) is 11.7 Å². The topological polar surface area (TPSA) is 117 Å². The largest absolute Gasteiger partial charge is 0.481 e. The molecule has 8 nitrogen and oxygen atoms in total. The van der Waals surface area contributed by atoms with Gasteiger partial charge < -0.3 is 20.3 Å². The third-order valence-electron chi connectivity index (χ3n) is 2.91. The molecule has 3 N–H and O–H groups in total. The Bertz CT molecular complexity index is 459. The van der Waals surface area contributed by atoms with Crippen LogP contribution in [0.3, 0.4) is 0 Å². The molecular formula is C11H18N4O4. The molecule has 0 radical (unpaired) electrons. The number of rotatable bonds is 6. The SMILES string of the molecule is CCC(C)(CNC(=O)NCc1nc(C)no1)C(=O)O. The Labute approximate surface area is 110 Å². The monoisotopic (exact) mass is 270 g/mol. The number of carboxylic acid groups (broad SMARTS) is 1. The Morgan fingerprint density at radius 1 is 1.42 bits per heavy atom. The summed E-state index contributed by atoms with van der Waals surface area (Å²) in [6.07, 6.45) is 0.422. The normalized spacial score (nSPS) is 13.6. The molecule has 0 fully saturated rings. The second-order valence-corrected chi connectivity index (χ2v) is 4.49. The van der Waals surface area contributed by atoms with Gasteiger partial charge >= 0.3 is 12.0 Å². The zero-order valence-electron chi connectivity index (χ0n) is 11.2. The van der Waals surface area contributed by atoms with Crippen LogP contribution in [0, 0.1) is 12.3 Å². The van der Waals surface area contributed by atoms with Gasteiger partial charge in [0, 0.05) is 6.54 Å². The first kappa shape index (κ1) is 14.9. The molecule has 2 amide bonds. The van der Waals surface area contributed by atoms with Crippen LogP contribution in [-0.2, 0) is 11.3 Å². The Morgan fingerprint density at radius 2 is 2.11 bits per heavy atom. The number of hydrogen-bond acceptors (Lipinski definition) is 5. The molecule has 1 atom stereocenters. The second kappa shape index (κ2) is 6.17. The van der Waals surface area contributed by atoms with Crippen molar-refractivity contribution in [2.24, 2.45) is 5.41 Å². The Kier molecular flexibility index (Phi) is 4.85. The number of aromatic nitrogens is 2. The Morgan fingerprint density at radius 3 is 2.58 bits per heavy atom. The molecule has 0 aliphatic heterocycles. The van der Waals surface area contributed by atoms with E-state index in [1.54, 1.807) is 20.8 Å². The van der Waals surface area contributed by atoms with E-state index in [2.05, 4.69) is 20.8 Å². The number of nitrogens with zero attached hydrogens (tertiary/aromatic N) is 2. The van der Waals surface area contributed by atoms with Crippen LogP contribution in [0.2, 0.25) is 0 Å². The highest BCUT2D eigenvalue weighted by molar-refractivity contribution is 5.77. The molecule has 1 heterocycles. The molecule has 0 saturated heterocycles. The number of carboxylic acids is 1. The quantitative estimate of drug-likeness (QED) is 0.699. The minimum atomic E-state index is -0.974. The van der Waals surface area contributed by atoms with Crippen molar-refractivity contribution in [2.45, 2.75) is 33.7 Å². The van der Waals surface area contributed by atoms with Gasteiger partial charge in [-0.3, -0.25) is 4.79 Å². The summed E-state index contributed by atoms with van der Waals surface area (Å²) in [4.78, 5) is 26.5. The van der Waals surface area contributed by atoms with Crippen LogP contribution in [0.4, 0.5) is 4.79 Å². The number of carbonyl (C=O) groups excluding carboxylic acids is 1. The predicted molar refractivity (Wildman–Crippen MR) is 65.3 cm³/mol. The minimum Gasteiger partial charge on any atom is -0.481 e. The van der Waals surface area contributed by atoms with E-state index in [1.807, 2.05) is 0 Å². The number of amides is 2. The van der Waals surface area contributed by atoms with E-state index in [1.165, 1.54) is 0 Å². The molecule has 0 saturated carbocycles. The summed E-state index contributed by atoms with van der Waals surface area (Å²) < 4.78 is 4.82. The molecule has 1 rings (SSSR count). The van der Waals surface area contributed by atoms with Gasteiger partial charge in [0.05, 0.1) is 12.0 Å². The number of hydrogen-bond donors (Lipinski definition) is 3. The van der Waals surface area contributed by atoms with Crippen LogP contribution in [-0.4, -0.2) is 33.8 Å². The number of aliphatic carboxylic acids is 1. The molecule has 0 spiro atoms. The summed E-state index contributed by atoms with van der Waals surface area (Å²) in [6, 6.07) is -0.475. The average Bonchev–Trinajstić information content (AvgIpc) is 2.79. The van der Waals surface area contributed by atoms with Crippen molar-refractivity contribution >= 4 is 12.0 Å². The fraction of sp³-hybridized carbons (Fsp3) is 0.636. The van der Waals surface area contributed by atoms with Gasteiger partial charge in [-0.15, -0.1) is 0 Å². The molecule has 1 aromatic heterocycles. The first-order valence-electron chi connectivity index (χ1n) is 5.91. The van der Waals surface area contributed by atoms with E-state index in [9.17, 15) is 9.59 Å². The summed E-state index contributed by atoms with van der Waals surface area (Å²) in [5, 5.41) is 17.7. The van der Waals surface area contributed by atoms with Gasteiger partial charge in [0.1, 0.15) is 0 Å². The van der Waals surface area contributed by atoms with Crippen LogP contribution < -0.4 is 10.6 Å². The third kappa shape index (κ3) is 4.23. The van der Waals surface area contributed by atoms with Crippen molar-refractivity contribution in [2.75, 3.05) is 6.54 Å². The van der Waals surface area contributed by atoms with Crippen LogP contribution in [0.15, 0.2) is 4.52 Å². The molecule has 1 unspecified atom stereocenters. The maximum Gasteiger partial charge on any atom is 0.315 e. The predicted octanol–water partition coefficient (Wildman–Crippen LogP) is 0.678. The lowest BCUT2D eigenvalue weighted by molar-refractivity contribution is -0.147. The van der Waals surface area contributed by atoms with E-state index < -0.39 is 17.4 Å². The van der Waals surface area contributed by atoms with Crippen LogP contribution >= 0.6 is 0 Å².